The van der Waals surface area contributed by atoms with Gasteiger partial charge in [0.15, 0.2) is 0 Å². The maximum Gasteiger partial charge on any atom is 0.268 e. The predicted octanol–water partition coefficient (Wildman–Crippen LogP) is 2.56. The lowest BCUT2D eigenvalue weighted by atomic mass is 10.1. The molecule has 0 unspecified atom stereocenters. The van der Waals surface area contributed by atoms with Crippen molar-refractivity contribution in [3.8, 4) is 5.75 Å². The lowest BCUT2D eigenvalue weighted by molar-refractivity contribution is 0.102. The van der Waals surface area contributed by atoms with E-state index in [0.717, 1.165) is 0 Å². The van der Waals surface area contributed by atoms with Crippen molar-refractivity contribution in [3.05, 3.63) is 57.7 Å². The normalized spacial score (nSPS) is 10.7. The topological polar surface area (TPSA) is 71.3 Å². The number of para-hydroxylation sites is 1. The summed E-state index contributed by atoms with van der Waals surface area (Å²) < 4.78 is 1.37. The average Bonchev–Trinajstić information content (AvgIpc) is 2.96. The number of anilines is 1. The number of hydrogen-bond donors (Lipinski definition) is 2. The molecule has 0 saturated heterocycles. The van der Waals surface area contributed by atoms with E-state index in [1.54, 1.807) is 42.8 Å². The first-order chi connectivity index (χ1) is 10.1. The van der Waals surface area contributed by atoms with Crippen molar-refractivity contribution >= 4 is 33.1 Å². The average molecular weight is 300 g/mol. The van der Waals surface area contributed by atoms with E-state index in [2.05, 4.69) is 5.32 Å². The highest BCUT2D eigenvalue weighted by molar-refractivity contribution is 7.16. The second-order valence-electron chi connectivity index (χ2n) is 4.55. The Morgan fingerprint density at radius 3 is 2.67 bits per heavy atom. The molecule has 0 bridgehead atoms. The zero-order valence-corrected chi connectivity index (χ0v) is 12.0. The minimum absolute atomic E-state index is 0.243. The van der Waals surface area contributed by atoms with Crippen LogP contribution in [0, 0.1) is 0 Å². The van der Waals surface area contributed by atoms with Gasteiger partial charge in [-0.3, -0.25) is 9.59 Å². The first kappa shape index (κ1) is 13.4. The molecule has 0 aliphatic carbocycles. The third kappa shape index (κ3) is 2.19. The van der Waals surface area contributed by atoms with Crippen LogP contribution in [0.25, 0.3) is 10.2 Å². The molecule has 0 radical (unpaired) electrons. The summed E-state index contributed by atoms with van der Waals surface area (Å²) in [6.07, 6.45) is 0. The number of carbonyl (C=O) groups is 1. The molecule has 0 aliphatic heterocycles. The van der Waals surface area contributed by atoms with Crippen molar-refractivity contribution in [2.24, 2.45) is 7.05 Å². The van der Waals surface area contributed by atoms with E-state index in [9.17, 15) is 14.7 Å². The number of benzene rings is 1. The summed E-state index contributed by atoms with van der Waals surface area (Å²) >= 11 is 1.34. The maximum absolute atomic E-state index is 12.3. The highest BCUT2D eigenvalue weighted by atomic mass is 32.1. The lowest BCUT2D eigenvalue weighted by Crippen LogP contribution is -2.27. The molecule has 2 heterocycles. The molecule has 2 N–H and O–H groups in total. The zero-order valence-electron chi connectivity index (χ0n) is 11.2. The molecule has 0 spiro atoms. The highest BCUT2D eigenvalue weighted by Crippen LogP contribution is 2.29. The number of aryl methyl sites for hydroxylation is 1. The molecule has 0 saturated carbocycles. The Hall–Kier alpha value is -2.60. The maximum atomic E-state index is 12.3. The minimum Gasteiger partial charge on any atom is -0.506 e. The standard InChI is InChI=1S/C15H12N2O3S/c1-17-14(20)11(12(18)10-7-8-21-15(10)17)13(19)16-9-5-3-2-4-6-9/h2-8,18H,1H3,(H,16,19). The van der Waals surface area contributed by atoms with Gasteiger partial charge in [0.05, 0.1) is 5.39 Å². The largest absolute Gasteiger partial charge is 0.506 e. The molecular weight excluding hydrogens is 288 g/mol. The SMILES string of the molecule is Cn1c(=O)c(C(=O)Nc2ccccc2)c(O)c2ccsc21. The monoisotopic (exact) mass is 300 g/mol. The molecule has 2 aromatic heterocycles. The Morgan fingerprint density at radius 1 is 1.24 bits per heavy atom. The molecule has 0 atom stereocenters. The van der Waals surface area contributed by atoms with E-state index >= 15 is 0 Å². The number of carbonyl (C=O) groups excluding carboxylic acids is 1. The van der Waals surface area contributed by atoms with Crippen molar-refractivity contribution in [3.63, 3.8) is 0 Å². The number of rotatable bonds is 2. The number of hydrogen-bond acceptors (Lipinski definition) is 4. The number of nitrogens with zero attached hydrogens (tertiary/aromatic N) is 1. The second kappa shape index (κ2) is 5.06. The molecule has 1 amide bonds. The second-order valence-corrected chi connectivity index (χ2v) is 5.44. The van der Waals surface area contributed by atoms with Gasteiger partial charge in [0.2, 0.25) is 0 Å². The van der Waals surface area contributed by atoms with Gasteiger partial charge in [-0.05, 0) is 23.6 Å². The lowest BCUT2D eigenvalue weighted by Gasteiger charge is -2.09. The minimum atomic E-state index is -0.618. The smallest absolute Gasteiger partial charge is 0.268 e. The van der Waals surface area contributed by atoms with Gasteiger partial charge in [-0.25, -0.2) is 0 Å². The quantitative estimate of drug-likeness (QED) is 0.764. The van der Waals surface area contributed by atoms with Crippen LogP contribution in [0.3, 0.4) is 0 Å². The summed E-state index contributed by atoms with van der Waals surface area (Å²) in [4.78, 5) is 25.2. The molecule has 6 heteroatoms. The molecule has 0 fully saturated rings. The number of thiophene rings is 1. The Labute approximate surface area is 124 Å². The first-order valence-corrected chi connectivity index (χ1v) is 7.13. The van der Waals surface area contributed by atoms with Crippen LogP contribution >= 0.6 is 11.3 Å². The summed E-state index contributed by atoms with van der Waals surface area (Å²) in [7, 11) is 1.58. The number of aromatic nitrogens is 1. The van der Waals surface area contributed by atoms with Crippen molar-refractivity contribution < 1.29 is 9.90 Å². The molecule has 3 rings (SSSR count). The van der Waals surface area contributed by atoms with Gasteiger partial charge in [0.1, 0.15) is 16.1 Å². The Bertz CT molecular complexity index is 881. The molecule has 21 heavy (non-hydrogen) atoms. The molecular formula is C15H12N2O3S. The van der Waals surface area contributed by atoms with Crippen LogP contribution < -0.4 is 10.9 Å². The molecule has 5 nitrogen and oxygen atoms in total. The van der Waals surface area contributed by atoms with E-state index in [1.807, 2.05) is 6.07 Å². The van der Waals surface area contributed by atoms with Crippen molar-refractivity contribution in [2.75, 3.05) is 5.32 Å². The summed E-state index contributed by atoms with van der Waals surface area (Å²) in [6.45, 7) is 0. The molecule has 0 aliphatic rings. The molecule has 106 valence electrons. The fourth-order valence-electron chi connectivity index (χ4n) is 2.16. The number of aromatic hydroxyl groups is 1. The Morgan fingerprint density at radius 2 is 1.95 bits per heavy atom. The van der Waals surface area contributed by atoms with E-state index in [4.69, 9.17) is 0 Å². The van der Waals surface area contributed by atoms with E-state index in [0.29, 0.717) is 15.9 Å². The van der Waals surface area contributed by atoms with E-state index in [1.165, 1.54) is 15.9 Å². The number of amides is 1. The van der Waals surface area contributed by atoms with Crippen LogP contribution in [-0.4, -0.2) is 15.6 Å². The first-order valence-electron chi connectivity index (χ1n) is 6.25. The van der Waals surface area contributed by atoms with Crippen LogP contribution in [-0.2, 0) is 7.05 Å². The summed E-state index contributed by atoms with van der Waals surface area (Å²) in [5, 5.41) is 15.1. The van der Waals surface area contributed by atoms with Gasteiger partial charge in [0, 0.05) is 12.7 Å². The van der Waals surface area contributed by atoms with Gasteiger partial charge >= 0.3 is 0 Å². The Balaban J connectivity index is 2.12. The number of nitrogens with one attached hydrogen (secondary N) is 1. The third-order valence-electron chi connectivity index (χ3n) is 3.22. The van der Waals surface area contributed by atoms with Gasteiger partial charge in [-0.15, -0.1) is 11.3 Å². The van der Waals surface area contributed by atoms with Crippen molar-refractivity contribution in [2.45, 2.75) is 0 Å². The van der Waals surface area contributed by atoms with Crippen LogP contribution in [0.5, 0.6) is 5.75 Å². The third-order valence-corrected chi connectivity index (χ3v) is 4.21. The number of pyridine rings is 1. The van der Waals surface area contributed by atoms with Crippen molar-refractivity contribution in [1.29, 1.82) is 0 Å². The van der Waals surface area contributed by atoms with Crippen LogP contribution in [0.15, 0.2) is 46.6 Å². The van der Waals surface area contributed by atoms with E-state index in [-0.39, 0.29) is 11.3 Å². The molecule has 1 aromatic carbocycles. The van der Waals surface area contributed by atoms with E-state index < -0.39 is 11.5 Å². The zero-order chi connectivity index (χ0) is 15.0. The Kier molecular flexibility index (Phi) is 3.23. The summed E-state index contributed by atoms with van der Waals surface area (Å²) in [6, 6.07) is 10.5. The van der Waals surface area contributed by atoms with Gasteiger partial charge in [-0.1, -0.05) is 18.2 Å². The predicted molar refractivity (Wildman–Crippen MR) is 83.1 cm³/mol. The van der Waals surface area contributed by atoms with Crippen LogP contribution in [0.2, 0.25) is 0 Å². The van der Waals surface area contributed by atoms with Gasteiger partial charge in [0.25, 0.3) is 11.5 Å². The van der Waals surface area contributed by atoms with Crippen molar-refractivity contribution in [1.82, 2.24) is 4.57 Å². The fraction of sp³-hybridized carbons (Fsp3) is 0.0667. The van der Waals surface area contributed by atoms with Crippen LogP contribution in [0.1, 0.15) is 10.4 Å². The molecule has 3 aromatic rings. The van der Waals surface area contributed by atoms with Crippen LogP contribution in [0.4, 0.5) is 5.69 Å². The summed E-state index contributed by atoms with van der Waals surface area (Å²) in [5.41, 5.74) is -0.197. The number of fused-ring (bicyclic) bond motifs is 1. The highest BCUT2D eigenvalue weighted by Gasteiger charge is 2.21. The fourth-order valence-corrected chi connectivity index (χ4v) is 3.02. The summed E-state index contributed by atoms with van der Waals surface area (Å²) in [5.74, 6) is -0.893. The van der Waals surface area contributed by atoms with Gasteiger partial charge < -0.3 is 15.0 Å². The van der Waals surface area contributed by atoms with Gasteiger partial charge in [-0.2, -0.15) is 0 Å².